The molecule has 8 nitrogen and oxygen atoms in total. The number of hydrogen-bond donors (Lipinski definition) is 3. The Bertz CT molecular complexity index is 1370. The Hall–Kier alpha value is -2.89. The molecular weight excluding hydrogens is 494 g/mol. The first-order valence-electron chi connectivity index (χ1n) is 11.9. The third kappa shape index (κ3) is 5.28. The molecule has 36 heavy (non-hydrogen) atoms. The molecule has 10 heteroatoms. The normalized spacial score (nSPS) is 13.1. The third-order valence-corrected chi connectivity index (χ3v) is 8.27. The van der Waals surface area contributed by atoms with Crippen molar-refractivity contribution in [2.45, 2.75) is 19.4 Å². The van der Waals surface area contributed by atoms with Crippen molar-refractivity contribution in [2.75, 3.05) is 45.8 Å². The van der Waals surface area contributed by atoms with Crippen LogP contribution >= 0.6 is 22.7 Å². The van der Waals surface area contributed by atoms with Gasteiger partial charge in [0.2, 0.25) is 11.8 Å². The Morgan fingerprint density at radius 1 is 1.19 bits per heavy atom. The number of thiophene rings is 1. The summed E-state index contributed by atoms with van der Waals surface area (Å²) >= 11 is 3.31. The Morgan fingerprint density at radius 2 is 2.11 bits per heavy atom. The quantitative estimate of drug-likeness (QED) is 0.267. The molecule has 1 amide bonds. The number of carbonyl (C=O) groups is 1. The number of hydrogen-bond acceptors (Lipinski definition) is 9. The lowest BCUT2D eigenvalue weighted by molar-refractivity contribution is -0.116. The van der Waals surface area contributed by atoms with E-state index in [-0.39, 0.29) is 5.91 Å². The summed E-state index contributed by atoms with van der Waals surface area (Å²) in [5.41, 5.74) is 5.23. The summed E-state index contributed by atoms with van der Waals surface area (Å²) in [6.45, 7) is 3.70. The van der Waals surface area contributed by atoms with Crippen molar-refractivity contribution in [1.82, 2.24) is 20.6 Å². The van der Waals surface area contributed by atoms with Gasteiger partial charge in [-0.3, -0.25) is 4.79 Å². The minimum Gasteiger partial charge on any atom is -0.481 e. The number of anilines is 1. The molecule has 1 aromatic carbocycles. The number of nitrogens with zero attached hydrogens (tertiary/aromatic N) is 2. The molecule has 188 valence electrons. The van der Waals surface area contributed by atoms with Crippen molar-refractivity contribution in [3.8, 4) is 27.6 Å². The number of benzene rings is 1. The summed E-state index contributed by atoms with van der Waals surface area (Å²) in [5.74, 6) is 0.591. The molecule has 3 aromatic heterocycles. The first-order chi connectivity index (χ1) is 17.7. The van der Waals surface area contributed by atoms with Gasteiger partial charge in [0.1, 0.15) is 10.0 Å². The predicted molar refractivity (Wildman–Crippen MR) is 146 cm³/mol. The third-order valence-electron chi connectivity index (χ3n) is 6.07. The standard InChI is InChI=1S/C26H29N5O3S2/c1-33-13-12-27-11-8-22(32)31-26-23(18-7-10-28-15-21(18)36-26)25-30-19-14-16(5-6-20(19)35-25)17-4-3-9-29-24(17)34-2/h3-6,9,14,27-28H,7-8,10-13,15H2,1-2H3,(H,31,32). The van der Waals surface area contributed by atoms with Gasteiger partial charge in [-0.25, -0.2) is 9.97 Å². The van der Waals surface area contributed by atoms with Crippen LogP contribution in [0.3, 0.4) is 0 Å². The number of ether oxygens (including phenoxy) is 2. The molecule has 0 aliphatic carbocycles. The molecule has 0 radical (unpaired) electrons. The van der Waals surface area contributed by atoms with E-state index in [9.17, 15) is 4.79 Å². The minimum atomic E-state index is -0.000192. The second-order valence-corrected chi connectivity index (χ2v) is 10.6. The van der Waals surface area contributed by atoms with E-state index < -0.39 is 0 Å². The first-order valence-corrected chi connectivity index (χ1v) is 13.6. The smallest absolute Gasteiger partial charge is 0.226 e. The maximum absolute atomic E-state index is 12.7. The number of amides is 1. The highest BCUT2D eigenvalue weighted by Gasteiger charge is 2.25. The SMILES string of the molecule is COCCNCCC(=O)Nc1sc2c(c1-c1nc3cc(-c4cccnc4OC)ccc3s1)CCNC2. The largest absolute Gasteiger partial charge is 0.481 e. The van der Waals surface area contributed by atoms with Gasteiger partial charge in [0.25, 0.3) is 0 Å². The lowest BCUT2D eigenvalue weighted by atomic mass is 10.0. The van der Waals surface area contributed by atoms with Crippen LogP contribution in [0.5, 0.6) is 5.88 Å². The second-order valence-electron chi connectivity index (χ2n) is 8.44. The second kappa shape index (κ2) is 11.4. The zero-order chi connectivity index (χ0) is 24.9. The highest BCUT2D eigenvalue weighted by atomic mass is 32.1. The average molecular weight is 524 g/mol. The van der Waals surface area contributed by atoms with Crippen LogP contribution in [0, 0.1) is 0 Å². The molecular formula is C26H29N5O3S2. The molecule has 0 atom stereocenters. The molecule has 0 saturated heterocycles. The van der Waals surface area contributed by atoms with Gasteiger partial charge in [-0.2, -0.15) is 0 Å². The van der Waals surface area contributed by atoms with Crippen molar-refractivity contribution < 1.29 is 14.3 Å². The number of carbonyl (C=O) groups excluding carboxylic acids is 1. The van der Waals surface area contributed by atoms with E-state index in [4.69, 9.17) is 14.5 Å². The highest BCUT2D eigenvalue weighted by Crippen LogP contribution is 2.45. The summed E-state index contributed by atoms with van der Waals surface area (Å²) in [4.78, 5) is 23.4. The molecule has 0 saturated carbocycles. The topological polar surface area (TPSA) is 97.4 Å². The maximum atomic E-state index is 12.7. The molecule has 0 unspecified atom stereocenters. The molecule has 3 N–H and O–H groups in total. The number of thiazole rings is 1. The first kappa shape index (κ1) is 24.8. The van der Waals surface area contributed by atoms with Crippen LogP contribution in [-0.4, -0.2) is 56.3 Å². The minimum absolute atomic E-state index is 0.000192. The molecule has 0 spiro atoms. The zero-order valence-electron chi connectivity index (χ0n) is 20.3. The van der Waals surface area contributed by atoms with Gasteiger partial charge >= 0.3 is 0 Å². The van der Waals surface area contributed by atoms with Gasteiger partial charge in [-0.15, -0.1) is 22.7 Å². The van der Waals surface area contributed by atoms with Crippen LogP contribution in [0.1, 0.15) is 16.9 Å². The van der Waals surface area contributed by atoms with E-state index in [1.165, 1.54) is 10.4 Å². The summed E-state index contributed by atoms with van der Waals surface area (Å²) in [6.07, 6.45) is 3.05. The number of rotatable bonds is 10. The van der Waals surface area contributed by atoms with Crippen LogP contribution < -0.4 is 20.7 Å². The van der Waals surface area contributed by atoms with E-state index in [0.717, 1.165) is 63.0 Å². The highest BCUT2D eigenvalue weighted by molar-refractivity contribution is 7.23. The van der Waals surface area contributed by atoms with Gasteiger partial charge in [-0.05, 0) is 48.4 Å². The molecule has 0 bridgehead atoms. The fourth-order valence-corrected chi connectivity index (χ4v) is 6.64. The molecule has 5 rings (SSSR count). The molecule has 1 aliphatic heterocycles. The summed E-state index contributed by atoms with van der Waals surface area (Å²) in [5, 5.41) is 11.7. The monoisotopic (exact) mass is 523 g/mol. The van der Waals surface area contributed by atoms with Gasteiger partial charge in [0.15, 0.2) is 0 Å². The van der Waals surface area contributed by atoms with Gasteiger partial charge < -0.3 is 25.4 Å². The number of fused-ring (bicyclic) bond motifs is 2. The van der Waals surface area contributed by atoms with Crippen molar-refractivity contribution >= 4 is 43.8 Å². The van der Waals surface area contributed by atoms with E-state index in [0.29, 0.717) is 25.5 Å². The van der Waals surface area contributed by atoms with Crippen molar-refractivity contribution in [2.24, 2.45) is 0 Å². The van der Waals surface area contributed by atoms with Crippen molar-refractivity contribution in [3.63, 3.8) is 0 Å². The summed E-state index contributed by atoms with van der Waals surface area (Å²) in [6, 6.07) is 10.2. The Balaban J connectivity index is 1.45. The Labute approximate surface area is 218 Å². The predicted octanol–water partition coefficient (Wildman–Crippen LogP) is 4.31. The van der Waals surface area contributed by atoms with E-state index >= 15 is 0 Å². The fourth-order valence-electron chi connectivity index (χ4n) is 4.31. The van der Waals surface area contributed by atoms with Crippen LogP contribution in [0.2, 0.25) is 0 Å². The lowest BCUT2D eigenvalue weighted by Crippen LogP contribution is -2.24. The Morgan fingerprint density at radius 3 is 2.97 bits per heavy atom. The van der Waals surface area contributed by atoms with Crippen molar-refractivity contribution in [1.29, 1.82) is 0 Å². The van der Waals surface area contributed by atoms with Crippen LogP contribution in [0.25, 0.3) is 31.9 Å². The van der Waals surface area contributed by atoms with Crippen LogP contribution in [-0.2, 0) is 22.5 Å². The maximum Gasteiger partial charge on any atom is 0.226 e. The zero-order valence-corrected chi connectivity index (χ0v) is 22.0. The van der Waals surface area contributed by atoms with Gasteiger partial charge in [0, 0.05) is 55.4 Å². The van der Waals surface area contributed by atoms with Gasteiger partial charge in [-0.1, -0.05) is 6.07 Å². The van der Waals surface area contributed by atoms with Crippen LogP contribution in [0.4, 0.5) is 5.00 Å². The average Bonchev–Trinajstić information content (AvgIpc) is 3.48. The van der Waals surface area contributed by atoms with E-state index in [2.05, 4.69) is 39.1 Å². The number of aromatic nitrogens is 2. The molecule has 4 heterocycles. The Kier molecular flexibility index (Phi) is 7.88. The number of methoxy groups -OCH3 is 2. The number of pyridine rings is 1. The summed E-state index contributed by atoms with van der Waals surface area (Å²) < 4.78 is 11.6. The summed E-state index contributed by atoms with van der Waals surface area (Å²) in [7, 11) is 3.30. The van der Waals surface area contributed by atoms with E-state index in [1.54, 1.807) is 43.1 Å². The lowest BCUT2D eigenvalue weighted by Gasteiger charge is -2.13. The van der Waals surface area contributed by atoms with Gasteiger partial charge in [0.05, 0.1) is 23.9 Å². The molecule has 4 aromatic rings. The van der Waals surface area contributed by atoms with E-state index in [1.807, 2.05) is 12.1 Å². The number of nitrogens with one attached hydrogen (secondary N) is 3. The fraction of sp³-hybridized carbons (Fsp3) is 0.346. The molecule has 1 aliphatic rings. The van der Waals surface area contributed by atoms with Crippen molar-refractivity contribution in [3.05, 3.63) is 47.0 Å². The van der Waals surface area contributed by atoms with Crippen LogP contribution in [0.15, 0.2) is 36.5 Å². The molecule has 0 fully saturated rings.